The van der Waals surface area contributed by atoms with Crippen molar-refractivity contribution in [2.24, 2.45) is 5.92 Å². The van der Waals surface area contributed by atoms with Gasteiger partial charge in [-0.25, -0.2) is 8.42 Å². The number of sulfonamides is 1. The predicted molar refractivity (Wildman–Crippen MR) is 100 cm³/mol. The maximum Gasteiger partial charge on any atom is 0.252 e. The Morgan fingerprint density at radius 1 is 1.12 bits per heavy atom. The SMILES string of the molecule is Cc1ccc(S(=O)(=O)N2CCC(C(=O)Nc3ccccc3C)CC2)s1. The Labute approximate surface area is 152 Å². The molecule has 1 N–H and O–H groups in total. The molecule has 1 aliphatic heterocycles. The lowest BCUT2D eigenvalue weighted by Crippen LogP contribution is -2.41. The number of nitrogens with one attached hydrogen (secondary N) is 1. The van der Waals surface area contributed by atoms with Gasteiger partial charge < -0.3 is 5.32 Å². The Bertz CT molecular complexity index is 866. The van der Waals surface area contributed by atoms with Gasteiger partial charge in [-0.1, -0.05) is 18.2 Å². The summed E-state index contributed by atoms with van der Waals surface area (Å²) in [6, 6.07) is 11.1. The molecule has 5 nitrogen and oxygen atoms in total. The molecule has 0 bridgehead atoms. The van der Waals surface area contributed by atoms with Crippen molar-refractivity contribution in [1.82, 2.24) is 4.31 Å². The fourth-order valence-electron chi connectivity index (χ4n) is 2.98. The van der Waals surface area contributed by atoms with Crippen molar-refractivity contribution in [3.8, 4) is 0 Å². The first-order valence-corrected chi connectivity index (χ1v) is 10.6. The van der Waals surface area contributed by atoms with E-state index in [9.17, 15) is 13.2 Å². The van der Waals surface area contributed by atoms with Crippen molar-refractivity contribution in [3.05, 3.63) is 46.8 Å². The summed E-state index contributed by atoms with van der Waals surface area (Å²) in [6.07, 6.45) is 1.09. The number of carbonyl (C=O) groups excluding carboxylic acids is 1. The number of thiophene rings is 1. The van der Waals surface area contributed by atoms with Gasteiger partial charge in [-0.15, -0.1) is 11.3 Å². The number of piperidine rings is 1. The van der Waals surface area contributed by atoms with Crippen LogP contribution < -0.4 is 5.32 Å². The molecule has 1 saturated heterocycles. The van der Waals surface area contributed by atoms with E-state index in [4.69, 9.17) is 0 Å². The second-order valence-electron chi connectivity index (χ2n) is 6.35. The fraction of sp³-hybridized carbons (Fsp3) is 0.389. The minimum Gasteiger partial charge on any atom is -0.326 e. The molecule has 0 aliphatic carbocycles. The summed E-state index contributed by atoms with van der Waals surface area (Å²) in [5, 5.41) is 2.96. The summed E-state index contributed by atoms with van der Waals surface area (Å²) in [4.78, 5) is 13.5. The van der Waals surface area contributed by atoms with Crippen molar-refractivity contribution in [2.45, 2.75) is 30.9 Å². The number of hydrogen-bond donors (Lipinski definition) is 1. The topological polar surface area (TPSA) is 66.5 Å². The summed E-state index contributed by atoms with van der Waals surface area (Å²) in [7, 11) is -3.44. The van der Waals surface area contributed by atoms with E-state index in [-0.39, 0.29) is 11.8 Å². The number of hydrogen-bond acceptors (Lipinski definition) is 4. The monoisotopic (exact) mass is 378 g/mol. The van der Waals surface area contributed by atoms with Crippen molar-refractivity contribution < 1.29 is 13.2 Å². The van der Waals surface area contributed by atoms with E-state index < -0.39 is 10.0 Å². The average molecular weight is 379 g/mol. The molecule has 25 heavy (non-hydrogen) atoms. The quantitative estimate of drug-likeness (QED) is 0.887. The first-order valence-electron chi connectivity index (χ1n) is 8.31. The molecule has 1 fully saturated rings. The molecule has 7 heteroatoms. The molecule has 0 radical (unpaired) electrons. The molecule has 2 aromatic rings. The third-order valence-corrected chi connectivity index (χ3v) is 7.90. The minimum atomic E-state index is -3.44. The normalized spacial score (nSPS) is 16.7. The number of amides is 1. The lowest BCUT2D eigenvalue weighted by Gasteiger charge is -2.30. The van der Waals surface area contributed by atoms with Crippen LogP contribution in [-0.2, 0) is 14.8 Å². The van der Waals surface area contributed by atoms with E-state index >= 15 is 0 Å². The lowest BCUT2D eigenvalue weighted by atomic mass is 9.97. The maximum absolute atomic E-state index is 12.6. The van der Waals surface area contributed by atoms with Crippen LogP contribution in [0.4, 0.5) is 5.69 Å². The number of nitrogens with zero attached hydrogens (tertiary/aromatic N) is 1. The maximum atomic E-state index is 12.6. The van der Waals surface area contributed by atoms with E-state index in [0.29, 0.717) is 30.1 Å². The van der Waals surface area contributed by atoms with E-state index in [0.717, 1.165) is 16.1 Å². The minimum absolute atomic E-state index is 0.0293. The molecule has 0 unspecified atom stereocenters. The third kappa shape index (κ3) is 3.94. The van der Waals surface area contributed by atoms with Gasteiger partial charge in [0.25, 0.3) is 10.0 Å². The van der Waals surface area contributed by atoms with Gasteiger partial charge in [0, 0.05) is 29.6 Å². The van der Waals surface area contributed by atoms with Crippen LogP contribution >= 0.6 is 11.3 Å². The van der Waals surface area contributed by atoms with Crippen LogP contribution in [0.25, 0.3) is 0 Å². The molecule has 0 saturated carbocycles. The third-order valence-electron chi connectivity index (χ3n) is 4.54. The standard InChI is InChI=1S/C18H22N2O3S2/c1-13-5-3-4-6-16(13)19-18(21)15-9-11-20(12-10-15)25(22,23)17-8-7-14(2)24-17/h3-8,15H,9-12H2,1-2H3,(H,19,21). The van der Waals surface area contributed by atoms with E-state index in [2.05, 4.69) is 5.32 Å². The molecular formula is C18H22N2O3S2. The molecule has 1 amide bonds. The molecule has 0 atom stereocenters. The van der Waals surface area contributed by atoms with Crippen LogP contribution in [0.1, 0.15) is 23.3 Å². The molecular weight excluding hydrogens is 356 g/mol. The number of aryl methyl sites for hydroxylation is 2. The van der Waals surface area contributed by atoms with Gasteiger partial charge in [-0.2, -0.15) is 4.31 Å². The molecule has 134 valence electrons. The van der Waals surface area contributed by atoms with Gasteiger partial charge in [0.2, 0.25) is 5.91 Å². The number of rotatable bonds is 4. The number of para-hydroxylation sites is 1. The van der Waals surface area contributed by atoms with Crippen molar-refractivity contribution in [3.63, 3.8) is 0 Å². The van der Waals surface area contributed by atoms with Crippen molar-refractivity contribution in [1.29, 1.82) is 0 Å². The van der Waals surface area contributed by atoms with E-state index in [1.807, 2.05) is 44.2 Å². The van der Waals surface area contributed by atoms with Crippen LogP contribution in [0.5, 0.6) is 0 Å². The molecule has 1 aromatic heterocycles. The highest BCUT2D eigenvalue weighted by atomic mass is 32.2. The average Bonchev–Trinajstić information content (AvgIpc) is 3.04. The molecule has 0 spiro atoms. The Morgan fingerprint density at radius 2 is 1.80 bits per heavy atom. The van der Waals surface area contributed by atoms with Gasteiger partial charge in [-0.3, -0.25) is 4.79 Å². The first-order chi connectivity index (χ1) is 11.9. The highest BCUT2D eigenvalue weighted by Gasteiger charge is 2.32. The van der Waals surface area contributed by atoms with Crippen molar-refractivity contribution in [2.75, 3.05) is 18.4 Å². The van der Waals surface area contributed by atoms with Gasteiger partial charge in [0.1, 0.15) is 4.21 Å². The molecule has 1 aromatic carbocycles. The first kappa shape index (κ1) is 18.1. The smallest absolute Gasteiger partial charge is 0.252 e. The van der Waals surface area contributed by atoms with Crippen LogP contribution in [-0.4, -0.2) is 31.7 Å². The van der Waals surface area contributed by atoms with Gasteiger partial charge in [0.05, 0.1) is 0 Å². The fourth-order valence-corrected chi connectivity index (χ4v) is 5.89. The largest absolute Gasteiger partial charge is 0.326 e. The van der Waals surface area contributed by atoms with Crippen LogP contribution in [0, 0.1) is 19.8 Å². The zero-order valence-electron chi connectivity index (χ0n) is 14.4. The highest BCUT2D eigenvalue weighted by molar-refractivity contribution is 7.91. The zero-order chi connectivity index (χ0) is 18.0. The number of anilines is 1. The zero-order valence-corrected chi connectivity index (χ0v) is 16.0. The molecule has 3 rings (SSSR count). The Hall–Kier alpha value is -1.70. The van der Waals surface area contributed by atoms with E-state index in [1.54, 1.807) is 6.07 Å². The summed E-state index contributed by atoms with van der Waals surface area (Å²) < 4.78 is 27.2. The summed E-state index contributed by atoms with van der Waals surface area (Å²) in [5.41, 5.74) is 1.83. The second-order valence-corrected chi connectivity index (χ2v) is 9.80. The Morgan fingerprint density at radius 3 is 2.40 bits per heavy atom. The molecule has 1 aliphatic rings. The second kappa shape index (κ2) is 7.27. The summed E-state index contributed by atoms with van der Waals surface area (Å²) in [5.74, 6) is -0.186. The van der Waals surface area contributed by atoms with Crippen molar-refractivity contribution >= 4 is 33.0 Å². The number of carbonyl (C=O) groups is 1. The van der Waals surface area contributed by atoms with Crippen LogP contribution in [0.2, 0.25) is 0 Å². The van der Waals surface area contributed by atoms with Crippen LogP contribution in [0.15, 0.2) is 40.6 Å². The highest BCUT2D eigenvalue weighted by Crippen LogP contribution is 2.28. The lowest BCUT2D eigenvalue weighted by molar-refractivity contribution is -0.120. The van der Waals surface area contributed by atoms with Gasteiger partial charge in [0.15, 0.2) is 0 Å². The van der Waals surface area contributed by atoms with Crippen LogP contribution in [0.3, 0.4) is 0 Å². The van der Waals surface area contributed by atoms with Gasteiger partial charge >= 0.3 is 0 Å². The number of benzene rings is 1. The van der Waals surface area contributed by atoms with E-state index in [1.165, 1.54) is 15.6 Å². The predicted octanol–water partition coefficient (Wildman–Crippen LogP) is 3.40. The molecule has 2 heterocycles. The Balaban J connectivity index is 1.62. The van der Waals surface area contributed by atoms with Gasteiger partial charge in [-0.05, 0) is 50.5 Å². The summed E-state index contributed by atoms with van der Waals surface area (Å²) >= 11 is 1.29. The summed E-state index contributed by atoms with van der Waals surface area (Å²) in [6.45, 7) is 4.61. The Kier molecular flexibility index (Phi) is 5.27.